The molecule has 0 saturated carbocycles. The van der Waals surface area contributed by atoms with E-state index in [1.807, 2.05) is 0 Å². The van der Waals surface area contributed by atoms with Crippen LogP contribution < -0.4 is 14.8 Å². The van der Waals surface area contributed by atoms with E-state index in [2.05, 4.69) is 5.32 Å². The van der Waals surface area contributed by atoms with Crippen LogP contribution in [0.2, 0.25) is 0 Å². The smallest absolute Gasteiger partial charge is 0.262 e. The summed E-state index contributed by atoms with van der Waals surface area (Å²) in [5, 5.41) is 2.75. The van der Waals surface area contributed by atoms with Crippen molar-refractivity contribution in [1.29, 1.82) is 0 Å². The van der Waals surface area contributed by atoms with Crippen LogP contribution in [0.4, 0.5) is 10.1 Å². The van der Waals surface area contributed by atoms with Gasteiger partial charge in [-0.3, -0.25) is 9.59 Å². The van der Waals surface area contributed by atoms with E-state index in [0.717, 1.165) is 12.8 Å². The van der Waals surface area contributed by atoms with Crippen molar-refractivity contribution in [2.24, 2.45) is 0 Å². The molecule has 0 spiro atoms. The minimum atomic E-state index is -0.339. The zero-order chi connectivity index (χ0) is 25.3. The summed E-state index contributed by atoms with van der Waals surface area (Å²) in [5.74, 6) is 0.260. The first-order valence-corrected chi connectivity index (χ1v) is 11.8. The molecule has 1 fully saturated rings. The lowest BCUT2D eigenvalue weighted by Crippen LogP contribution is -2.37. The topological polar surface area (TPSA) is 77.1 Å². The maximum atomic E-state index is 13.7. The average Bonchev–Trinajstić information content (AvgIpc) is 3.40. The number of nitrogens with one attached hydrogen (secondary N) is 1. The van der Waals surface area contributed by atoms with Crippen molar-refractivity contribution in [3.63, 3.8) is 0 Å². The van der Waals surface area contributed by atoms with Crippen molar-refractivity contribution in [2.45, 2.75) is 25.5 Å². The number of halogens is 1. The van der Waals surface area contributed by atoms with Crippen LogP contribution in [-0.2, 0) is 16.1 Å². The molecule has 7 nitrogen and oxygen atoms in total. The van der Waals surface area contributed by atoms with E-state index in [0.29, 0.717) is 41.5 Å². The molecule has 3 aromatic carbocycles. The maximum Gasteiger partial charge on any atom is 0.262 e. The summed E-state index contributed by atoms with van der Waals surface area (Å²) >= 11 is 0. The Morgan fingerprint density at radius 3 is 2.58 bits per heavy atom. The molecule has 0 bridgehead atoms. The van der Waals surface area contributed by atoms with Crippen LogP contribution in [0.3, 0.4) is 0 Å². The zero-order valence-electron chi connectivity index (χ0n) is 20.1. The van der Waals surface area contributed by atoms with Crippen molar-refractivity contribution >= 4 is 17.5 Å². The molecule has 188 valence electrons. The van der Waals surface area contributed by atoms with Crippen molar-refractivity contribution < 1.29 is 28.2 Å². The lowest BCUT2D eigenvalue weighted by molar-refractivity contribution is -0.118. The molecule has 1 heterocycles. The summed E-state index contributed by atoms with van der Waals surface area (Å²) < 4.78 is 30.2. The van der Waals surface area contributed by atoms with Gasteiger partial charge in [0.2, 0.25) is 0 Å². The van der Waals surface area contributed by atoms with E-state index in [9.17, 15) is 14.0 Å². The predicted molar refractivity (Wildman–Crippen MR) is 134 cm³/mol. The Kier molecular flexibility index (Phi) is 8.52. The number of ether oxygens (including phenoxy) is 3. The number of nitrogens with zero attached hydrogens (tertiary/aromatic N) is 1. The van der Waals surface area contributed by atoms with Gasteiger partial charge in [0.1, 0.15) is 17.3 Å². The number of anilines is 1. The molecule has 1 unspecified atom stereocenters. The molecule has 4 rings (SSSR count). The van der Waals surface area contributed by atoms with Crippen LogP contribution in [0.25, 0.3) is 0 Å². The van der Waals surface area contributed by atoms with Crippen LogP contribution in [0.1, 0.15) is 28.8 Å². The van der Waals surface area contributed by atoms with Gasteiger partial charge >= 0.3 is 0 Å². The molecule has 0 aliphatic carbocycles. The summed E-state index contributed by atoms with van der Waals surface area (Å²) in [6, 6.07) is 19.9. The highest BCUT2D eigenvalue weighted by Crippen LogP contribution is 2.20. The molecular formula is C28H29FN2O5. The van der Waals surface area contributed by atoms with Gasteiger partial charge in [0.15, 0.2) is 6.61 Å². The lowest BCUT2D eigenvalue weighted by Gasteiger charge is -2.26. The highest BCUT2D eigenvalue weighted by molar-refractivity contribution is 5.94. The minimum Gasteiger partial charge on any atom is -0.497 e. The second-order valence-electron chi connectivity index (χ2n) is 8.54. The highest BCUT2D eigenvalue weighted by atomic mass is 19.1. The molecule has 1 aliphatic heterocycles. The number of rotatable bonds is 10. The zero-order valence-corrected chi connectivity index (χ0v) is 20.1. The number of methoxy groups -OCH3 is 1. The maximum absolute atomic E-state index is 13.7. The monoisotopic (exact) mass is 492 g/mol. The first-order chi connectivity index (χ1) is 17.5. The van der Waals surface area contributed by atoms with E-state index in [1.165, 1.54) is 12.1 Å². The molecule has 36 heavy (non-hydrogen) atoms. The fraction of sp³-hybridized carbons (Fsp3) is 0.286. The third kappa shape index (κ3) is 7.05. The fourth-order valence-corrected chi connectivity index (χ4v) is 4.03. The first kappa shape index (κ1) is 25.2. The van der Waals surface area contributed by atoms with Gasteiger partial charge in [-0.15, -0.1) is 0 Å². The Bertz CT molecular complexity index is 1180. The van der Waals surface area contributed by atoms with Crippen molar-refractivity contribution in [3.05, 3.63) is 89.7 Å². The van der Waals surface area contributed by atoms with Crippen LogP contribution in [0.15, 0.2) is 72.8 Å². The molecule has 1 atom stereocenters. The van der Waals surface area contributed by atoms with Crippen LogP contribution in [0, 0.1) is 5.82 Å². The number of carbonyl (C=O) groups is 2. The van der Waals surface area contributed by atoms with Crippen molar-refractivity contribution in [3.8, 4) is 11.5 Å². The summed E-state index contributed by atoms with van der Waals surface area (Å²) in [5.41, 5.74) is 1.79. The Morgan fingerprint density at radius 2 is 1.86 bits per heavy atom. The number of carbonyl (C=O) groups excluding carboxylic acids is 2. The molecule has 0 radical (unpaired) electrons. The number of amides is 2. The molecule has 0 aromatic heterocycles. The number of benzene rings is 3. The van der Waals surface area contributed by atoms with E-state index in [-0.39, 0.29) is 36.9 Å². The largest absolute Gasteiger partial charge is 0.497 e. The van der Waals surface area contributed by atoms with Gasteiger partial charge < -0.3 is 24.4 Å². The van der Waals surface area contributed by atoms with Crippen molar-refractivity contribution in [2.75, 3.05) is 32.2 Å². The lowest BCUT2D eigenvalue weighted by atomic mass is 10.1. The standard InChI is InChI=1S/C28H29FN2O5/c1-34-25-8-3-7-23(16-25)30-27(32)19-36-24-12-10-21(11-13-24)28(33)31(18-26-9-4-14-35-26)17-20-5-2-6-22(29)15-20/h2-3,5-8,10-13,15-16,26H,4,9,14,17-19H2,1H3,(H,30,32). The number of hydrogen-bond acceptors (Lipinski definition) is 5. The van der Waals surface area contributed by atoms with E-state index >= 15 is 0 Å². The SMILES string of the molecule is COc1cccc(NC(=O)COc2ccc(C(=O)N(Cc3cccc(F)c3)CC3CCCO3)cc2)c1. The normalized spacial score (nSPS) is 14.8. The van der Waals surface area contributed by atoms with Gasteiger partial charge in [-0.1, -0.05) is 18.2 Å². The highest BCUT2D eigenvalue weighted by Gasteiger charge is 2.24. The molecule has 8 heteroatoms. The Labute approximate surface area is 209 Å². The predicted octanol–water partition coefficient (Wildman–Crippen LogP) is 4.67. The summed E-state index contributed by atoms with van der Waals surface area (Å²) in [7, 11) is 1.56. The second-order valence-corrected chi connectivity index (χ2v) is 8.54. The minimum absolute atomic E-state index is 0.0341. The molecule has 1 aliphatic rings. The van der Waals surface area contributed by atoms with Gasteiger partial charge in [0.25, 0.3) is 11.8 Å². The van der Waals surface area contributed by atoms with Crippen LogP contribution >= 0.6 is 0 Å². The summed E-state index contributed by atoms with van der Waals surface area (Å²) in [6.45, 7) is 1.20. The van der Waals surface area contributed by atoms with Gasteiger partial charge in [-0.2, -0.15) is 0 Å². The Balaban J connectivity index is 1.36. The summed E-state index contributed by atoms with van der Waals surface area (Å²) in [6.07, 6.45) is 1.81. The van der Waals surface area contributed by atoms with E-state index in [1.54, 1.807) is 72.7 Å². The van der Waals surface area contributed by atoms with E-state index < -0.39 is 0 Å². The van der Waals surface area contributed by atoms with Gasteiger partial charge in [-0.05, 0) is 66.9 Å². The van der Waals surface area contributed by atoms with Gasteiger partial charge in [0.05, 0.1) is 13.2 Å². The fourth-order valence-electron chi connectivity index (χ4n) is 4.03. The third-order valence-electron chi connectivity index (χ3n) is 5.82. The molecule has 2 amide bonds. The number of hydrogen-bond donors (Lipinski definition) is 1. The van der Waals surface area contributed by atoms with Crippen molar-refractivity contribution in [1.82, 2.24) is 4.90 Å². The molecular weight excluding hydrogens is 463 g/mol. The second kappa shape index (κ2) is 12.2. The van der Waals surface area contributed by atoms with Crippen LogP contribution in [-0.4, -0.2) is 49.7 Å². The molecule has 3 aromatic rings. The summed E-state index contributed by atoms with van der Waals surface area (Å²) in [4.78, 5) is 27.2. The Morgan fingerprint density at radius 1 is 1.06 bits per heavy atom. The van der Waals surface area contributed by atoms with Crippen LogP contribution in [0.5, 0.6) is 11.5 Å². The third-order valence-corrected chi connectivity index (χ3v) is 5.82. The Hall–Kier alpha value is -3.91. The molecule has 1 N–H and O–H groups in total. The van der Waals surface area contributed by atoms with E-state index in [4.69, 9.17) is 14.2 Å². The molecule has 1 saturated heterocycles. The van der Waals surface area contributed by atoms with Gasteiger partial charge in [0, 0.05) is 37.0 Å². The van der Waals surface area contributed by atoms with Gasteiger partial charge in [-0.25, -0.2) is 4.39 Å². The average molecular weight is 493 g/mol. The quantitative estimate of drug-likeness (QED) is 0.445. The first-order valence-electron chi connectivity index (χ1n) is 11.8.